The standard InChI is InChI=1S/C53H39N3O/c1-33(29-30-38-34(2)53(3,4)44-26-13-10-22-40(38)44)52-55-46(32-47(56-52)41-23-9-8-21-39(41)35-17-6-5-7-18-35)36-19-16-20-37(31-36)50-49-43-25-12-15-28-48(43)57-51(49)42-24-11-14-27-45(42)54-50/h5-32H,1H2,2-4H3/b30-29-. The van der Waals surface area contributed by atoms with Crippen LogP contribution in [-0.2, 0) is 5.41 Å². The summed E-state index contributed by atoms with van der Waals surface area (Å²) in [5.41, 5.74) is 16.1. The fraction of sp³-hybridized carbons (Fsp3) is 0.0755. The van der Waals surface area contributed by atoms with E-state index in [0.717, 1.165) is 83.3 Å². The van der Waals surface area contributed by atoms with Crippen molar-refractivity contribution in [1.29, 1.82) is 0 Å². The van der Waals surface area contributed by atoms with Gasteiger partial charge in [0, 0.05) is 38.5 Å². The number of para-hydroxylation sites is 2. The van der Waals surface area contributed by atoms with Crippen LogP contribution >= 0.6 is 0 Å². The molecule has 1 aliphatic rings. The Bertz CT molecular complexity index is 3130. The van der Waals surface area contributed by atoms with Gasteiger partial charge in [-0.3, -0.25) is 0 Å². The zero-order valence-electron chi connectivity index (χ0n) is 32.1. The summed E-state index contributed by atoms with van der Waals surface area (Å²) in [5.74, 6) is 0.572. The molecule has 9 aromatic rings. The Balaban J connectivity index is 1.14. The molecule has 0 amide bonds. The Labute approximate surface area is 332 Å². The van der Waals surface area contributed by atoms with Gasteiger partial charge in [-0.05, 0) is 65.1 Å². The molecule has 1 aliphatic carbocycles. The molecule has 6 aromatic carbocycles. The number of rotatable bonds is 7. The lowest BCUT2D eigenvalue weighted by molar-refractivity contribution is 0.639. The number of aromatic nitrogens is 3. The maximum absolute atomic E-state index is 6.51. The van der Waals surface area contributed by atoms with Gasteiger partial charge in [-0.2, -0.15) is 0 Å². The third-order valence-corrected chi connectivity index (χ3v) is 11.6. The molecule has 0 bridgehead atoms. The summed E-state index contributed by atoms with van der Waals surface area (Å²) in [5, 5.41) is 3.03. The van der Waals surface area contributed by atoms with Crippen molar-refractivity contribution in [1.82, 2.24) is 15.0 Å². The minimum atomic E-state index is -0.0540. The largest absolute Gasteiger partial charge is 0.455 e. The number of hydrogen-bond acceptors (Lipinski definition) is 4. The van der Waals surface area contributed by atoms with E-state index in [-0.39, 0.29) is 5.41 Å². The highest BCUT2D eigenvalue weighted by Crippen LogP contribution is 2.47. The van der Waals surface area contributed by atoms with Crippen LogP contribution in [0, 0.1) is 0 Å². The van der Waals surface area contributed by atoms with Crippen molar-refractivity contribution >= 4 is 44.0 Å². The van der Waals surface area contributed by atoms with Crippen LogP contribution < -0.4 is 0 Å². The Hall–Kier alpha value is -7.17. The van der Waals surface area contributed by atoms with Crippen LogP contribution in [0.4, 0.5) is 0 Å². The average Bonchev–Trinajstić information content (AvgIpc) is 3.74. The number of allylic oxidation sites excluding steroid dienone is 5. The topological polar surface area (TPSA) is 51.8 Å². The van der Waals surface area contributed by atoms with Gasteiger partial charge in [0.1, 0.15) is 11.2 Å². The first-order chi connectivity index (χ1) is 27.8. The van der Waals surface area contributed by atoms with Gasteiger partial charge in [0.15, 0.2) is 5.82 Å². The molecule has 4 nitrogen and oxygen atoms in total. The highest BCUT2D eigenvalue weighted by molar-refractivity contribution is 6.19. The quantitative estimate of drug-likeness (QED) is 0.153. The van der Waals surface area contributed by atoms with Gasteiger partial charge in [0.25, 0.3) is 0 Å². The summed E-state index contributed by atoms with van der Waals surface area (Å²) in [6.45, 7) is 11.4. The van der Waals surface area contributed by atoms with E-state index in [4.69, 9.17) is 19.4 Å². The van der Waals surface area contributed by atoms with Gasteiger partial charge in [-0.1, -0.05) is 166 Å². The Kier molecular flexibility index (Phi) is 8.15. The number of nitrogens with zero attached hydrogens (tertiary/aromatic N) is 3. The molecule has 57 heavy (non-hydrogen) atoms. The molecule has 0 radical (unpaired) electrons. The van der Waals surface area contributed by atoms with Crippen LogP contribution in [0.25, 0.3) is 88.9 Å². The van der Waals surface area contributed by atoms with Crippen molar-refractivity contribution in [3.05, 3.63) is 199 Å². The van der Waals surface area contributed by atoms with E-state index < -0.39 is 0 Å². The second-order valence-electron chi connectivity index (χ2n) is 15.3. The predicted molar refractivity (Wildman–Crippen MR) is 237 cm³/mol. The molecule has 0 saturated heterocycles. The van der Waals surface area contributed by atoms with E-state index in [1.165, 1.54) is 22.3 Å². The van der Waals surface area contributed by atoms with Crippen LogP contribution in [0.1, 0.15) is 37.7 Å². The lowest BCUT2D eigenvalue weighted by atomic mass is 9.82. The molecule has 0 aliphatic heterocycles. The zero-order chi connectivity index (χ0) is 38.7. The van der Waals surface area contributed by atoms with Crippen LogP contribution in [0.5, 0.6) is 0 Å². The summed E-state index contributed by atoms with van der Waals surface area (Å²) >= 11 is 0. The van der Waals surface area contributed by atoms with E-state index in [1.54, 1.807) is 0 Å². The summed E-state index contributed by atoms with van der Waals surface area (Å²) in [4.78, 5) is 15.7. The molecular weight excluding hydrogens is 695 g/mol. The molecule has 272 valence electrons. The number of benzene rings is 6. The lowest BCUT2D eigenvalue weighted by Gasteiger charge is -2.21. The third kappa shape index (κ3) is 5.80. The van der Waals surface area contributed by atoms with Crippen molar-refractivity contribution in [3.63, 3.8) is 0 Å². The van der Waals surface area contributed by atoms with Gasteiger partial charge in [-0.15, -0.1) is 0 Å². The SMILES string of the molecule is C=C(/C=C\C1=C(C)C(C)(C)c2ccccc21)c1nc(-c2cccc(-c3nc4ccccc4c4oc5ccccc5c34)c2)cc(-c2ccccc2-c2ccccc2)n1. The summed E-state index contributed by atoms with van der Waals surface area (Å²) in [7, 11) is 0. The monoisotopic (exact) mass is 733 g/mol. The Morgan fingerprint density at radius 2 is 1.25 bits per heavy atom. The lowest BCUT2D eigenvalue weighted by Crippen LogP contribution is -2.15. The minimum absolute atomic E-state index is 0.0540. The maximum Gasteiger partial charge on any atom is 0.159 e. The van der Waals surface area contributed by atoms with Crippen molar-refractivity contribution in [2.75, 3.05) is 0 Å². The van der Waals surface area contributed by atoms with E-state index in [0.29, 0.717) is 5.82 Å². The second kappa shape index (κ2) is 13.5. The molecule has 4 heteroatoms. The van der Waals surface area contributed by atoms with Gasteiger partial charge in [-0.25, -0.2) is 15.0 Å². The zero-order valence-corrected chi connectivity index (χ0v) is 32.1. The normalized spacial score (nSPS) is 13.6. The summed E-state index contributed by atoms with van der Waals surface area (Å²) < 4.78 is 6.51. The molecule has 0 saturated carbocycles. The highest BCUT2D eigenvalue weighted by Gasteiger charge is 2.33. The van der Waals surface area contributed by atoms with E-state index in [2.05, 4.69) is 161 Å². The molecule has 0 unspecified atom stereocenters. The van der Waals surface area contributed by atoms with Crippen LogP contribution in [0.2, 0.25) is 0 Å². The fourth-order valence-corrected chi connectivity index (χ4v) is 8.37. The number of fused-ring (bicyclic) bond motifs is 6. The van der Waals surface area contributed by atoms with Crippen LogP contribution in [0.15, 0.2) is 186 Å². The summed E-state index contributed by atoms with van der Waals surface area (Å²) in [6.07, 6.45) is 4.25. The van der Waals surface area contributed by atoms with Crippen molar-refractivity contribution in [2.45, 2.75) is 26.2 Å². The van der Waals surface area contributed by atoms with Gasteiger partial charge in [0.05, 0.1) is 28.0 Å². The maximum atomic E-state index is 6.51. The molecule has 3 heterocycles. The first-order valence-electron chi connectivity index (χ1n) is 19.4. The minimum Gasteiger partial charge on any atom is -0.455 e. The molecule has 0 fully saturated rings. The molecule has 0 N–H and O–H groups in total. The molecular formula is C53H39N3O. The van der Waals surface area contributed by atoms with Crippen molar-refractivity contribution in [2.24, 2.45) is 0 Å². The van der Waals surface area contributed by atoms with E-state index in [1.807, 2.05) is 36.4 Å². The van der Waals surface area contributed by atoms with Crippen LogP contribution in [0.3, 0.4) is 0 Å². The second-order valence-corrected chi connectivity index (χ2v) is 15.3. The van der Waals surface area contributed by atoms with Gasteiger partial charge in [0.2, 0.25) is 0 Å². The van der Waals surface area contributed by atoms with E-state index in [9.17, 15) is 0 Å². The smallest absolute Gasteiger partial charge is 0.159 e. The molecule has 0 spiro atoms. The van der Waals surface area contributed by atoms with Crippen molar-refractivity contribution in [3.8, 4) is 44.9 Å². The number of furan rings is 1. The number of pyridine rings is 1. The third-order valence-electron chi connectivity index (χ3n) is 11.6. The summed E-state index contributed by atoms with van der Waals surface area (Å²) in [6, 6.07) is 54.5. The number of hydrogen-bond donors (Lipinski definition) is 0. The Morgan fingerprint density at radius 3 is 2.09 bits per heavy atom. The van der Waals surface area contributed by atoms with Crippen molar-refractivity contribution < 1.29 is 4.42 Å². The first kappa shape index (κ1) is 34.3. The van der Waals surface area contributed by atoms with Gasteiger partial charge >= 0.3 is 0 Å². The molecule has 10 rings (SSSR count). The van der Waals surface area contributed by atoms with E-state index >= 15 is 0 Å². The molecule has 3 aromatic heterocycles. The highest BCUT2D eigenvalue weighted by atomic mass is 16.3. The van der Waals surface area contributed by atoms with Gasteiger partial charge < -0.3 is 4.42 Å². The fourth-order valence-electron chi connectivity index (χ4n) is 8.37. The molecule has 0 atom stereocenters. The average molecular weight is 734 g/mol. The predicted octanol–water partition coefficient (Wildman–Crippen LogP) is 13.9. The van der Waals surface area contributed by atoms with Crippen LogP contribution in [-0.4, -0.2) is 15.0 Å². The first-order valence-corrected chi connectivity index (χ1v) is 19.4. The Morgan fingerprint density at radius 1 is 0.596 bits per heavy atom.